The van der Waals surface area contributed by atoms with Gasteiger partial charge in [-0.15, -0.1) is 0 Å². The molecule has 0 unspecified atom stereocenters. The van der Waals surface area contributed by atoms with E-state index in [1.54, 1.807) is 4.90 Å². The Morgan fingerprint density at radius 2 is 1.44 bits per heavy atom. The third-order valence-corrected chi connectivity index (χ3v) is 7.64. The van der Waals surface area contributed by atoms with Gasteiger partial charge in [0.05, 0.1) is 16.3 Å². The van der Waals surface area contributed by atoms with Crippen LogP contribution in [0, 0.1) is 0 Å². The number of hydrogen-bond acceptors (Lipinski definition) is 3. The summed E-state index contributed by atoms with van der Waals surface area (Å²) in [5.41, 5.74) is 6.10. The average molecular weight is 557 g/mol. The fourth-order valence-electron chi connectivity index (χ4n) is 4.06. The molecular formula is C30H26BrN3OS. The first-order chi connectivity index (χ1) is 17.6. The Labute approximate surface area is 224 Å². The van der Waals surface area contributed by atoms with Crippen LogP contribution < -0.4 is 4.90 Å². The number of carbonyl (C=O) groups is 1. The molecule has 6 heteroatoms. The van der Waals surface area contributed by atoms with Crippen LogP contribution in [-0.4, -0.2) is 15.6 Å². The summed E-state index contributed by atoms with van der Waals surface area (Å²) in [7, 11) is 0. The summed E-state index contributed by atoms with van der Waals surface area (Å²) in [4.78, 5) is 21.0. The van der Waals surface area contributed by atoms with E-state index in [1.807, 2.05) is 72.9 Å². The first-order valence-corrected chi connectivity index (χ1v) is 13.6. The SMILES string of the molecule is CCc1ccc(N=C2S/C(=C\c3cccn3-c3ccc(Br)cc3)C(=O)N2c2ccc(CC)cc2)cc1. The van der Waals surface area contributed by atoms with Gasteiger partial charge in [-0.3, -0.25) is 9.69 Å². The van der Waals surface area contributed by atoms with Crippen molar-refractivity contribution < 1.29 is 4.79 Å². The van der Waals surface area contributed by atoms with Gasteiger partial charge in [0, 0.05) is 22.1 Å². The van der Waals surface area contributed by atoms with Gasteiger partial charge in [0.1, 0.15) is 0 Å². The van der Waals surface area contributed by atoms with Crippen molar-refractivity contribution in [3.8, 4) is 5.69 Å². The van der Waals surface area contributed by atoms with Crippen molar-refractivity contribution in [3.63, 3.8) is 0 Å². The van der Waals surface area contributed by atoms with Crippen LogP contribution in [-0.2, 0) is 17.6 Å². The van der Waals surface area contributed by atoms with Crippen LogP contribution >= 0.6 is 27.7 Å². The second-order valence-corrected chi connectivity index (χ2v) is 10.4. The van der Waals surface area contributed by atoms with Gasteiger partial charge in [0.25, 0.3) is 5.91 Å². The number of benzene rings is 3. The summed E-state index contributed by atoms with van der Waals surface area (Å²) in [5.74, 6) is -0.0725. The van der Waals surface area contributed by atoms with Crippen molar-refractivity contribution in [3.05, 3.63) is 117 Å². The minimum atomic E-state index is -0.0725. The molecule has 1 fully saturated rings. The average Bonchev–Trinajstić information content (AvgIpc) is 3.49. The summed E-state index contributed by atoms with van der Waals surface area (Å²) >= 11 is 4.91. The van der Waals surface area contributed by atoms with E-state index >= 15 is 0 Å². The molecule has 1 aliphatic rings. The molecule has 4 nitrogen and oxygen atoms in total. The van der Waals surface area contributed by atoms with Crippen LogP contribution in [0.15, 0.2) is 105 Å². The van der Waals surface area contributed by atoms with E-state index in [0.29, 0.717) is 10.1 Å². The highest BCUT2D eigenvalue weighted by Gasteiger charge is 2.35. The number of rotatable bonds is 6. The van der Waals surface area contributed by atoms with E-state index < -0.39 is 0 Å². The number of halogens is 1. The van der Waals surface area contributed by atoms with Crippen molar-refractivity contribution in [2.24, 2.45) is 4.99 Å². The largest absolute Gasteiger partial charge is 0.317 e. The van der Waals surface area contributed by atoms with Crippen molar-refractivity contribution in [2.75, 3.05) is 4.90 Å². The lowest BCUT2D eigenvalue weighted by molar-refractivity contribution is -0.113. The molecule has 5 rings (SSSR count). The minimum absolute atomic E-state index is 0.0725. The topological polar surface area (TPSA) is 37.6 Å². The Balaban J connectivity index is 1.54. The van der Waals surface area contributed by atoms with E-state index in [0.717, 1.165) is 40.1 Å². The number of aryl methyl sites for hydroxylation is 2. The molecule has 0 spiro atoms. The van der Waals surface area contributed by atoms with Crippen LogP contribution in [0.3, 0.4) is 0 Å². The number of carbonyl (C=O) groups excluding carboxylic acids is 1. The van der Waals surface area contributed by atoms with E-state index in [2.05, 4.69) is 58.6 Å². The third-order valence-electron chi connectivity index (χ3n) is 6.14. The predicted octanol–water partition coefficient (Wildman–Crippen LogP) is 8.17. The molecule has 1 aliphatic heterocycles. The van der Waals surface area contributed by atoms with Crippen molar-refractivity contribution in [1.29, 1.82) is 0 Å². The molecule has 2 heterocycles. The maximum Gasteiger partial charge on any atom is 0.271 e. The second-order valence-electron chi connectivity index (χ2n) is 8.47. The second kappa shape index (κ2) is 10.7. The quantitative estimate of drug-likeness (QED) is 0.225. The molecule has 0 aliphatic carbocycles. The highest BCUT2D eigenvalue weighted by atomic mass is 79.9. The fourth-order valence-corrected chi connectivity index (χ4v) is 5.31. The van der Waals surface area contributed by atoms with Crippen molar-refractivity contribution >= 4 is 56.2 Å². The maximum atomic E-state index is 13.7. The minimum Gasteiger partial charge on any atom is -0.317 e. The predicted molar refractivity (Wildman–Crippen MR) is 155 cm³/mol. The molecule has 0 saturated carbocycles. The van der Waals surface area contributed by atoms with Gasteiger partial charge in [-0.05, 0) is 102 Å². The zero-order chi connectivity index (χ0) is 25.1. The van der Waals surface area contributed by atoms with Crippen LogP contribution in [0.25, 0.3) is 11.8 Å². The molecule has 0 atom stereocenters. The number of hydrogen-bond donors (Lipinski definition) is 0. The van der Waals surface area contributed by atoms with Crippen molar-refractivity contribution in [1.82, 2.24) is 4.57 Å². The van der Waals surface area contributed by atoms with E-state index in [4.69, 9.17) is 4.99 Å². The molecule has 0 radical (unpaired) electrons. The number of aromatic nitrogens is 1. The number of aliphatic imine (C=N–C) groups is 1. The Morgan fingerprint density at radius 1 is 0.833 bits per heavy atom. The lowest BCUT2D eigenvalue weighted by Gasteiger charge is -2.16. The van der Waals surface area contributed by atoms with E-state index in [-0.39, 0.29) is 5.91 Å². The van der Waals surface area contributed by atoms with Gasteiger partial charge >= 0.3 is 0 Å². The lowest BCUT2D eigenvalue weighted by Crippen LogP contribution is -2.28. The zero-order valence-corrected chi connectivity index (χ0v) is 22.6. The Morgan fingerprint density at radius 3 is 2.08 bits per heavy atom. The normalized spacial score (nSPS) is 15.9. The summed E-state index contributed by atoms with van der Waals surface area (Å²) in [6, 6.07) is 28.5. The van der Waals surface area contributed by atoms with E-state index in [1.165, 1.54) is 22.9 Å². The lowest BCUT2D eigenvalue weighted by atomic mass is 10.1. The summed E-state index contributed by atoms with van der Waals surface area (Å²) in [6.45, 7) is 4.26. The fraction of sp³-hybridized carbons (Fsp3) is 0.133. The molecule has 3 aromatic carbocycles. The van der Waals surface area contributed by atoms with E-state index in [9.17, 15) is 4.79 Å². The highest BCUT2D eigenvalue weighted by molar-refractivity contribution is 9.10. The monoisotopic (exact) mass is 555 g/mol. The first-order valence-electron chi connectivity index (χ1n) is 12.0. The maximum absolute atomic E-state index is 13.7. The summed E-state index contributed by atoms with van der Waals surface area (Å²) < 4.78 is 3.10. The Bertz CT molecular complexity index is 1440. The Hall–Kier alpha value is -3.35. The van der Waals surface area contributed by atoms with Gasteiger partial charge in [-0.2, -0.15) is 0 Å². The number of nitrogens with zero attached hydrogens (tertiary/aromatic N) is 3. The smallest absolute Gasteiger partial charge is 0.271 e. The zero-order valence-electron chi connectivity index (χ0n) is 20.2. The number of thioether (sulfide) groups is 1. The molecule has 1 aromatic heterocycles. The Kier molecular flexibility index (Phi) is 7.25. The molecule has 36 heavy (non-hydrogen) atoms. The van der Waals surface area contributed by atoms with Gasteiger partial charge in [-0.1, -0.05) is 54.0 Å². The molecule has 0 bridgehead atoms. The highest BCUT2D eigenvalue weighted by Crippen LogP contribution is 2.37. The van der Waals surface area contributed by atoms with Crippen molar-refractivity contribution in [2.45, 2.75) is 26.7 Å². The molecule has 0 N–H and O–H groups in total. The van der Waals surface area contributed by atoms with Crippen LogP contribution in [0.2, 0.25) is 0 Å². The third kappa shape index (κ3) is 5.11. The molecule has 1 saturated heterocycles. The summed E-state index contributed by atoms with van der Waals surface area (Å²) in [6.07, 6.45) is 5.88. The standard InChI is InChI=1S/C30H26BrN3OS/c1-3-21-7-13-24(14-8-21)32-30-34(26-15-9-22(4-2)10-16-26)29(35)28(36-30)20-27-6-5-19-33(27)25-17-11-23(31)12-18-25/h5-20H,3-4H2,1-2H3/b28-20-,32-30?. The molecular weight excluding hydrogens is 530 g/mol. The first kappa shape index (κ1) is 24.3. The van der Waals surface area contributed by atoms with Gasteiger partial charge in [-0.25, -0.2) is 4.99 Å². The molecule has 180 valence electrons. The summed E-state index contributed by atoms with van der Waals surface area (Å²) in [5, 5.41) is 0.654. The number of anilines is 1. The van der Waals surface area contributed by atoms with Gasteiger partial charge in [0.15, 0.2) is 5.17 Å². The number of amidine groups is 1. The van der Waals surface area contributed by atoms with Gasteiger partial charge < -0.3 is 4.57 Å². The molecule has 4 aromatic rings. The molecule has 1 amide bonds. The van der Waals surface area contributed by atoms with Crippen LogP contribution in [0.4, 0.5) is 11.4 Å². The van der Waals surface area contributed by atoms with Crippen LogP contribution in [0.5, 0.6) is 0 Å². The number of amides is 1. The van der Waals surface area contributed by atoms with Gasteiger partial charge in [0.2, 0.25) is 0 Å². The van der Waals surface area contributed by atoms with Crippen LogP contribution in [0.1, 0.15) is 30.7 Å².